The van der Waals surface area contributed by atoms with E-state index in [0.717, 1.165) is 26.2 Å². The predicted octanol–water partition coefficient (Wildman–Crippen LogP) is 6.19. The van der Waals surface area contributed by atoms with Crippen molar-refractivity contribution in [1.29, 1.82) is 0 Å². The minimum absolute atomic E-state index is 0.0834. The summed E-state index contributed by atoms with van der Waals surface area (Å²) in [5.41, 5.74) is 3.03. The lowest BCUT2D eigenvalue weighted by Gasteiger charge is -2.15. The van der Waals surface area contributed by atoms with E-state index in [1.54, 1.807) is 0 Å². The SMILES string of the molecule is Cc1ccc(NC(C)c2cc(Cl)sc2Cl)cc1Cl. The van der Waals surface area contributed by atoms with E-state index in [4.69, 9.17) is 34.8 Å². The van der Waals surface area contributed by atoms with Gasteiger partial charge in [-0.2, -0.15) is 0 Å². The van der Waals surface area contributed by atoms with Crippen molar-refractivity contribution in [1.82, 2.24) is 0 Å². The first kappa shape index (κ1) is 14.0. The molecule has 0 aliphatic carbocycles. The van der Waals surface area contributed by atoms with Crippen molar-refractivity contribution in [2.45, 2.75) is 19.9 Å². The lowest BCUT2D eigenvalue weighted by Crippen LogP contribution is -2.05. The summed E-state index contributed by atoms with van der Waals surface area (Å²) in [5, 5.41) is 4.11. The molecule has 0 radical (unpaired) electrons. The van der Waals surface area contributed by atoms with E-state index in [0.29, 0.717) is 4.34 Å². The number of aryl methyl sites for hydroxylation is 1. The largest absolute Gasteiger partial charge is 0.378 e. The third-order valence-electron chi connectivity index (χ3n) is 2.70. The number of halogens is 3. The molecule has 1 heterocycles. The maximum atomic E-state index is 6.13. The van der Waals surface area contributed by atoms with Gasteiger partial charge in [-0.3, -0.25) is 0 Å². The lowest BCUT2D eigenvalue weighted by atomic mass is 10.1. The van der Waals surface area contributed by atoms with E-state index in [9.17, 15) is 0 Å². The Morgan fingerprint density at radius 3 is 2.44 bits per heavy atom. The van der Waals surface area contributed by atoms with Gasteiger partial charge in [0.25, 0.3) is 0 Å². The van der Waals surface area contributed by atoms with Crippen molar-refractivity contribution < 1.29 is 0 Å². The molecule has 0 saturated carbocycles. The third kappa shape index (κ3) is 3.12. The zero-order valence-corrected chi connectivity index (χ0v) is 13.0. The topological polar surface area (TPSA) is 12.0 Å². The first-order valence-electron chi connectivity index (χ1n) is 5.45. The molecule has 0 bridgehead atoms. The van der Waals surface area contributed by atoms with Gasteiger partial charge in [-0.15, -0.1) is 11.3 Å². The molecule has 0 aliphatic rings. The van der Waals surface area contributed by atoms with Crippen LogP contribution in [-0.2, 0) is 0 Å². The van der Waals surface area contributed by atoms with Crippen molar-refractivity contribution in [3.63, 3.8) is 0 Å². The van der Waals surface area contributed by atoms with Gasteiger partial charge < -0.3 is 5.32 Å². The number of benzene rings is 1. The highest BCUT2D eigenvalue weighted by Crippen LogP contribution is 2.36. The summed E-state index contributed by atoms with van der Waals surface area (Å²) >= 11 is 19.5. The maximum Gasteiger partial charge on any atom is 0.0996 e. The highest BCUT2D eigenvalue weighted by atomic mass is 35.5. The van der Waals surface area contributed by atoms with Crippen LogP contribution in [0.5, 0.6) is 0 Å². The molecule has 1 aromatic carbocycles. The number of nitrogens with one attached hydrogen (secondary N) is 1. The lowest BCUT2D eigenvalue weighted by molar-refractivity contribution is 0.891. The Labute approximate surface area is 126 Å². The van der Waals surface area contributed by atoms with Crippen molar-refractivity contribution >= 4 is 51.8 Å². The molecule has 1 N–H and O–H groups in total. The average molecular weight is 321 g/mol. The summed E-state index contributed by atoms with van der Waals surface area (Å²) in [4.78, 5) is 0. The fourth-order valence-electron chi connectivity index (χ4n) is 1.66. The molecule has 0 spiro atoms. The Morgan fingerprint density at radius 2 is 1.89 bits per heavy atom. The molecule has 0 fully saturated rings. The number of anilines is 1. The van der Waals surface area contributed by atoms with Crippen LogP contribution in [-0.4, -0.2) is 0 Å². The van der Waals surface area contributed by atoms with E-state index < -0.39 is 0 Å². The molecule has 1 atom stereocenters. The molecule has 0 amide bonds. The fourth-order valence-corrected chi connectivity index (χ4v) is 3.48. The third-order valence-corrected chi connectivity index (χ3v) is 4.63. The van der Waals surface area contributed by atoms with Crippen LogP contribution in [0.3, 0.4) is 0 Å². The molecular weight excluding hydrogens is 309 g/mol. The quantitative estimate of drug-likeness (QED) is 0.711. The van der Waals surface area contributed by atoms with Gasteiger partial charge in [0.15, 0.2) is 0 Å². The van der Waals surface area contributed by atoms with Crippen LogP contribution in [0, 0.1) is 6.92 Å². The van der Waals surface area contributed by atoms with Crippen molar-refractivity contribution in [2.24, 2.45) is 0 Å². The Bertz CT molecular complexity index is 565. The van der Waals surface area contributed by atoms with Crippen molar-refractivity contribution in [2.75, 3.05) is 5.32 Å². The van der Waals surface area contributed by atoms with Crippen molar-refractivity contribution in [3.8, 4) is 0 Å². The zero-order chi connectivity index (χ0) is 13.3. The Hall–Kier alpha value is -0.410. The highest BCUT2D eigenvalue weighted by Gasteiger charge is 2.13. The minimum atomic E-state index is 0.0834. The molecule has 0 aliphatic heterocycles. The monoisotopic (exact) mass is 319 g/mol. The molecule has 5 heteroatoms. The van der Waals surface area contributed by atoms with E-state index in [2.05, 4.69) is 5.32 Å². The summed E-state index contributed by atoms with van der Waals surface area (Å²) in [6.45, 7) is 4.02. The Kier molecular flexibility index (Phi) is 4.44. The highest BCUT2D eigenvalue weighted by molar-refractivity contribution is 7.20. The molecule has 2 aromatic rings. The van der Waals surface area contributed by atoms with Gasteiger partial charge in [0.05, 0.1) is 14.7 Å². The second-order valence-electron chi connectivity index (χ2n) is 4.11. The number of thiophene rings is 1. The molecule has 1 nitrogen and oxygen atoms in total. The molecular formula is C13H12Cl3NS. The number of rotatable bonds is 3. The number of hydrogen-bond donors (Lipinski definition) is 1. The molecule has 18 heavy (non-hydrogen) atoms. The van der Waals surface area contributed by atoms with Gasteiger partial charge >= 0.3 is 0 Å². The minimum Gasteiger partial charge on any atom is -0.378 e. The first-order chi connectivity index (χ1) is 8.47. The van der Waals surface area contributed by atoms with Crippen LogP contribution in [0.4, 0.5) is 5.69 Å². The van der Waals surface area contributed by atoms with Gasteiger partial charge in [-0.25, -0.2) is 0 Å². The average Bonchev–Trinajstić information content (AvgIpc) is 2.63. The zero-order valence-electron chi connectivity index (χ0n) is 9.93. The van der Waals surface area contributed by atoms with Gasteiger partial charge in [-0.1, -0.05) is 40.9 Å². The maximum absolute atomic E-state index is 6.13. The first-order valence-corrected chi connectivity index (χ1v) is 7.40. The standard InChI is InChI=1S/C13H12Cl3NS/c1-7-3-4-9(5-11(7)14)17-8(2)10-6-12(15)18-13(10)16/h3-6,8,17H,1-2H3. The summed E-state index contributed by atoms with van der Waals surface area (Å²) in [5.74, 6) is 0. The number of hydrogen-bond acceptors (Lipinski definition) is 2. The van der Waals surface area contributed by atoms with Gasteiger partial charge in [0.1, 0.15) is 0 Å². The van der Waals surface area contributed by atoms with Crippen LogP contribution in [0.15, 0.2) is 24.3 Å². The van der Waals surface area contributed by atoms with E-state index in [1.807, 2.05) is 38.1 Å². The van der Waals surface area contributed by atoms with Crippen LogP contribution >= 0.6 is 46.1 Å². The summed E-state index contributed by atoms with van der Waals surface area (Å²) < 4.78 is 1.42. The predicted molar refractivity (Wildman–Crippen MR) is 82.6 cm³/mol. The Morgan fingerprint density at radius 1 is 1.17 bits per heavy atom. The smallest absolute Gasteiger partial charge is 0.0996 e. The second-order valence-corrected chi connectivity index (χ2v) is 6.80. The molecule has 1 aromatic heterocycles. The molecule has 0 saturated heterocycles. The summed E-state index contributed by atoms with van der Waals surface area (Å²) in [6.07, 6.45) is 0. The normalized spacial score (nSPS) is 12.5. The summed E-state index contributed by atoms with van der Waals surface area (Å²) in [7, 11) is 0. The van der Waals surface area contributed by atoms with Crippen LogP contribution < -0.4 is 5.32 Å². The Balaban J connectivity index is 2.18. The summed E-state index contributed by atoms with van der Waals surface area (Å²) in [6, 6.07) is 7.87. The second kappa shape index (κ2) is 5.70. The van der Waals surface area contributed by atoms with Gasteiger partial charge in [0.2, 0.25) is 0 Å². The van der Waals surface area contributed by atoms with Crippen LogP contribution in [0.1, 0.15) is 24.1 Å². The molecule has 1 unspecified atom stereocenters. The fraction of sp³-hybridized carbons (Fsp3) is 0.231. The van der Waals surface area contributed by atoms with Crippen molar-refractivity contribution in [3.05, 3.63) is 49.1 Å². The van der Waals surface area contributed by atoms with E-state index in [-0.39, 0.29) is 6.04 Å². The molecule has 96 valence electrons. The van der Waals surface area contributed by atoms with Crippen LogP contribution in [0.2, 0.25) is 13.7 Å². The van der Waals surface area contributed by atoms with Gasteiger partial charge in [-0.05, 0) is 37.6 Å². The molecule has 2 rings (SSSR count). The van der Waals surface area contributed by atoms with Gasteiger partial charge in [0, 0.05) is 16.3 Å². The van der Waals surface area contributed by atoms with Crippen LogP contribution in [0.25, 0.3) is 0 Å². The van der Waals surface area contributed by atoms with E-state index in [1.165, 1.54) is 11.3 Å². The van der Waals surface area contributed by atoms with E-state index >= 15 is 0 Å².